The summed E-state index contributed by atoms with van der Waals surface area (Å²) in [5, 5.41) is 9.64. The fraction of sp³-hybridized carbons (Fsp3) is 0.167. The summed E-state index contributed by atoms with van der Waals surface area (Å²) in [7, 11) is 1.59. The van der Waals surface area contributed by atoms with E-state index in [0.29, 0.717) is 9.88 Å². The monoisotopic (exact) mass is 249 g/mol. The quantitative estimate of drug-likeness (QED) is 0.908. The normalized spacial score (nSPS) is 10.2. The highest BCUT2D eigenvalue weighted by molar-refractivity contribution is 7.15. The summed E-state index contributed by atoms with van der Waals surface area (Å²) < 4.78 is 5.12. The van der Waals surface area contributed by atoms with Crippen molar-refractivity contribution in [3.05, 3.63) is 34.8 Å². The Bertz CT molecular complexity index is 563. The zero-order valence-electron chi connectivity index (χ0n) is 9.43. The van der Waals surface area contributed by atoms with Crippen molar-refractivity contribution in [3.8, 4) is 16.3 Å². The summed E-state index contributed by atoms with van der Waals surface area (Å²) in [6, 6.07) is 7.41. The molecule has 0 radical (unpaired) electrons. The molecule has 1 aromatic carbocycles. The van der Waals surface area contributed by atoms with Gasteiger partial charge in [0.1, 0.15) is 10.8 Å². The van der Waals surface area contributed by atoms with E-state index >= 15 is 0 Å². The van der Waals surface area contributed by atoms with Crippen molar-refractivity contribution < 1.29 is 14.6 Å². The molecule has 0 fully saturated rings. The molecule has 0 amide bonds. The molecule has 0 saturated carbocycles. The summed E-state index contributed by atoms with van der Waals surface area (Å²) in [5.74, 6) is -0.264. The summed E-state index contributed by atoms with van der Waals surface area (Å²) in [5.41, 5.74) is 0.984. The minimum absolute atomic E-state index is 0.118. The van der Waals surface area contributed by atoms with Gasteiger partial charge in [0, 0.05) is 10.4 Å². The number of methoxy groups -OCH3 is 1. The van der Waals surface area contributed by atoms with Gasteiger partial charge < -0.3 is 9.84 Å². The first kappa shape index (κ1) is 11.6. The Labute approximate surface area is 103 Å². The predicted molar refractivity (Wildman–Crippen MR) is 65.8 cm³/mol. The summed E-state index contributed by atoms with van der Waals surface area (Å²) >= 11 is 1.37. The molecular formula is C12H11NO3S. The molecule has 0 aliphatic carbocycles. The van der Waals surface area contributed by atoms with Gasteiger partial charge in [-0.05, 0) is 19.1 Å². The van der Waals surface area contributed by atoms with Crippen molar-refractivity contribution in [3.63, 3.8) is 0 Å². The average Bonchev–Trinajstić information content (AvgIpc) is 2.71. The van der Waals surface area contributed by atoms with Crippen LogP contribution in [0.5, 0.6) is 5.75 Å². The molecule has 0 saturated heterocycles. The van der Waals surface area contributed by atoms with Crippen LogP contribution >= 0.6 is 11.3 Å². The van der Waals surface area contributed by atoms with Gasteiger partial charge in [0.05, 0.1) is 7.11 Å². The van der Waals surface area contributed by atoms with Gasteiger partial charge in [0.25, 0.3) is 0 Å². The van der Waals surface area contributed by atoms with Crippen LogP contribution in [0.4, 0.5) is 0 Å². The number of hydrogen-bond acceptors (Lipinski definition) is 4. The summed E-state index contributed by atoms with van der Waals surface area (Å²) in [4.78, 5) is 15.7. The second-order valence-corrected chi connectivity index (χ2v) is 4.66. The van der Waals surface area contributed by atoms with Crippen LogP contribution in [-0.2, 0) is 0 Å². The van der Waals surface area contributed by atoms with Crippen LogP contribution in [-0.4, -0.2) is 23.2 Å². The summed E-state index contributed by atoms with van der Waals surface area (Å²) in [6.45, 7) is 1.75. The van der Waals surface area contributed by atoms with Crippen molar-refractivity contribution in [1.29, 1.82) is 0 Å². The fourth-order valence-corrected chi connectivity index (χ4v) is 2.38. The lowest BCUT2D eigenvalue weighted by molar-refractivity contribution is 0.0690. The number of carboxylic acids is 1. The second-order valence-electron chi connectivity index (χ2n) is 3.46. The smallest absolute Gasteiger partial charge is 0.355 e. The Morgan fingerprint density at radius 2 is 2.24 bits per heavy atom. The molecule has 4 nitrogen and oxygen atoms in total. The average molecular weight is 249 g/mol. The van der Waals surface area contributed by atoms with Crippen molar-refractivity contribution >= 4 is 17.3 Å². The molecule has 0 atom stereocenters. The molecule has 0 spiro atoms. The number of hydrogen-bond donors (Lipinski definition) is 1. The minimum atomic E-state index is -0.993. The van der Waals surface area contributed by atoms with Crippen LogP contribution in [0.2, 0.25) is 0 Å². The number of benzene rings is 1. The number of nitrogens with zero attached hydrogens (tertiary/aromatic N) is 1. The van der Waals surface area contributed by atoms with Crippen LogP contribution in [0.3, 0.4) is 0 Å². The van der Waals surface area contributed by atoms with Gasteiger partial charge in [-0.25, -0.2) is 9.78 Å². The van der Waals surface area contributed by atoms with Gasteiger partial charge >= 0.3 is 5.97 Å². The molecule has 0 aliphatic heterocycles. The third-order valence-corrected chi connectivity index (χ3v) is 3.34. The zero-order valence-corrected chi connectivity index (χ0v) is 10.2. The largest absolute Gasteiger partial charge is 0.497 e. The standard InChI is InChI=1S/C12H11NO3S/c1-7-10(12(14)15)13-11(17-7)8-4-3-5-9(6-8)16-2/h3-6H,1-2H3,(H,14,15). The van der Waals surface area contributed by atoms with Crippen LogP contribution in [0.25, 0.3) is 10.6 Å². The van der Waals surface area contributed by atoms with E-state index in [-0.39, 0.29) is 5.69 Å². The number of ether oxygens (including phenoxy) is 1. The molecule has 2 rings (SSSR count). The first-order valence-corrected chi connectivity index (χ1v) is 5.78. The Morgan fingerprint density at radius 3 is 2.82 bits per heavy atom. The van der Waals surface area contributed by atoms with E-state index in [2.05, 4.69) is 4.98 Å². The van der Waals surface area contributed by atoms with E-state index in [0.717, 1.165) is 11.3 Å². The van der Waals surface area contributed by atoms with E-state index < -0.39 is 5.97 Å². The van der Waals surface area contributed by atoms with Crippen molar-refractivity contribution in [1.82, 2.24) is 4.98 Å². The molecule has 0 aliphatic rings. The molecule has 17 heavy (non-hydrogen) atoms. The van der Waals surface area contributed by atoms with Gasteiger partial charge in [-0.2, -0.15) is 0 Å². The second kappa shape index (κ2) is 4.55. The highest BCUT2D eigenvalue weighted by Gasteiger charge is 2.15. The number of aryl methyl sites for hydroxylation is 1. The van der Waals surface area contributed by atoms with Crippen LogP contribution in [0.1, 0.15) is 15.4 Å². The van der Waals surface area contributed by atoms with Gasteiger partial charge in [0.2, 0.25) is 0 Å². The maximum absolute atomic E-state index is 10.9. The molecule has 1 heterocycles. The van der Waals surface area contributed by atoms with Gasteiger partial charge in [-0.3, -0.25) is 0 Å². The molecule has 88 valence electrons. The minimum Gasteiger partial charge on any atom is -0.497 e. The number of carbonyl (C=O) groups is 1. The first-order chi connectivity index (χ1) is 8.11. The molecule has 1 aromatic heterocycles. The molecule has 0 bridgehead atoms. The lowest BCUT2D eigenvalue weighted by Crippen LogP contribution is -1.98. The van der Waals surface area contributed by atoms with E-state index in [1.54, 1.807) is 14.0 Å². The van der Waals surface area contributed by atoms with Gasteiger partial charge in [-0.1, -0.05) is 12.1 Å². The Kier molecular flexibility index (Phi) is 3.10. The molecule has 0 unspecified atom stereocenters. The predicted octanol–water partition coefficient (Wildman–Crippen LogP) is 2.83. The fourth-order valence-electron chi connectivity index (χ4n) is 1.47. The Balaban J connectivity index is 2.46. The first-order valence-electron chi connectivity index (χ1n) is 4.97. The molecule has 1 N–H and O–H groups in total. The third kappa shape index (κ3) is 2.29. The molecular weight excluding hydrogens is 238 g/mol. The van der Waals surface area contributed by atoms with E-state index in [1.165, 1.54) is 11.3 Å². The van der Waals surface area contributed by atoms with Gasteiger partial charge in [0.15, 0.2) is 5.69 Å². The number of rotatable bonds is 3. The molecule has 5 heteroatoms. The number of thiazole rings is 1. The van der Waals surface area contributed by atoms with E-state index in [4.69, 9.17) is 9.84 Å². The number of aromatic nitrogens is 1. The number of carboxylic acid groups (broad SMARTS) is 1. The topological polar surface area (TPSA) is 59.4 Å². The maximum atomic E-state index is 10.9. The SMILES string of the molecule is COc1cccc(-c2nc(C(=O)O)c(C)s2)c1. The summed E-state index contributed by atoms with van der Waals surface area (Å²) in [6.07, 6.45) is 0. The van der Waals surface area contributed by atoms with Crippen molar-refractivity contribution in [2.45, 2.75) is 6.92 Å². The lowest BCUT2D eigenvalue weighted by Gasteiger charge is -2.00. The number of aromatic carboxylic acids is 1. The van der Waals surface area contributed by atoms with E-state index in [9.17, 15) is 4.79 Å². The van der Waals surface area contributed by atoms with E-state index in [1.807, 2.05) is 24.3 Å². The lowest BCUT2D eigenvalue weighted by atomic mass is 10.2. The highest BCUT2D eigenvalue weighted by Crippen LogP contribution is 2.29. The Morgan fingerprint density at radius 1 is 1.47 bits per heavy atom. The van der Waals surface area contributed by atoms with Crippen LogP contribution in [0, 0.1) is 6.92 Å². The maximum Gasteiger partial charge on any atom is 0.355 e. The van der Waals surface area contributed by atoms with Crippen molar-refractivity contribution in [2.24, 2.45) is 0 Å². The Hall–Kier alpha value is -1.88. The zero-order chi connectivity index (χ0) is 12.4. The molecule has 2 aromatic rings. The van der Waals surface area contributed by atoms with Gasteiger partial charge in [-0.15, -0.1) is 11.3 Å². The highest BCUT2D eigenvalue weighted by atomic mass is 32.1. The van der Waals surface area contributed by atoms with Crippen LogP contribution in [0.15, 0.2) is 24.3 Å². The van der Waals surface area contributed by atoms with Crippen molar-refractivity contribution in [2.75, 3.05) is 7.11 Å². The third-order valence-electron chi connectivity index (χ3n) is 2.32. The van der Waals surface area contributed by atoms with Crippen LogP contribution < -0.4 is 4.74 Å².